The van der Waals surface area contributed by atoms with Gasteiger partial charge in [-0.3, -0.25) is 4.79 Å². The molecule has 0 fully saturated rings. The quantitative estimate of drug-likeness (QED) is 0.785. The number of carbonyl (C=O) groups is 1. The Kier molecular flexibility index (Phi) is 5.61. The number of aliphatic carboxylic acids is 1. The molecule has 0 bridgehead atoms. The summed E-state index contributed by atoms with van der Waals surface area (Å²) in [6, 6.07) is 5.73. The molecule has 0 atom stereocenters. The summed E-state index contributed by atoms with van der Waals surface area (Å²) in [5.74, 6) is -0.774. The highest BCUT2D eigenvalue weighted by molar-refractivity contribution is 5.70. The lowest BCUT2D eigenvalue weighted by Gasteiger charge is -2.04. The van der Waals surface area contributed by atoms with E-state index >= 15 is 0 Å². The molecule has 0 spiro atoms. The Bertz CT molecular complexity index is 303. The Balaban J connectivity index is 0.000000791. The summed E-state index contributed by atoms with van der Waals surface area (Å²) in [6.07, 6.45) is 0.119. The topological polar surface area (TPSA) is 37.3 Å². The van der Waals surface area contributed by atoms with Crippen molar-refractivity contribution in [3.05, 3.63) is 34.9 Å². The van der Waals surface area contributed by atoms with Crippen molar-refractivity contribution in [1.29, 1.82) is 0 Å². The van der Waals surface area contributed by atoms with E-state index in [0.29, 0.717) is 0 Å². The van der Waals surface area contributed by atoms with Gasteiger partial charge in [-0.2, -0.15) is 0 Å². The van der Waals surface area contributed by atoms with E-state index < -0.39 is 5.97 Å². The molecule has 2 heteroatoms. The number of hydrogen-bond donors (Lipinski definition) is 1. The van der Waals surface area contributed by atoms with Crippen LogP contribution in [0.5, 0.6) is 0 Å². The molecule has 1 aromatic rings. The molecule has 0 heterocycles. The fraction of sp³-hybridized carbons (Fsp3) is 0.417. The van der Waals surface area contributed by atoms with Crippen molar-refractivity contribution in [3.8, 4) is 0 Å². The zero-order chi connectivity index (χ0) is 11.1. The van der Waals surface area contributed by atoms with E-state index in [9.17, 15) is 4.79 Å². The van der Waals surface area contributed by atoms with Gasteiger partial charge in [0.1, 0.15) is 0 Å². The highest BCUT2D eigenvalue weighted by Crippen LogP contribution is 2.12. The summed E-state index contributed by atoms with van der Waals surface area (Å²) in [7, 11) is 0. The fourth-order valence-corrected chi connectivity index (χ4v) is 1.17. The van der Waals surface area contributed by atoms with Crippen LogP contribution in [-0.2, 0) is 11.2 Å². The maximum absolute atomic E-state index is 10.4. The van der Waals surface area contributed by atoms with Crippen LogP contribution in [-0.4, -0.2) is 11.1 Å². The highest BCUT2D eigenvalue weighted by atomic mass is 16.4. The number of carboxylic acids is 1. The van der Waals surface area contributed by atoms with Crippen molar-refractivity contribution < 1.29 is 9.90 Å². The molecule has 0 radical (unpaired) electrons. The van der Waals surface area contributed by atoms with Crippen LogP contribution in [0.1, 0.15) is 30.5 Å². The van der Waals surface area contributed by atoms with E-state index in [4.69, 9.17) is 5.11 Å². The van der Waals surface area contributed by atoms with Crippen molar-refractivity contribution in [2.45, 2.75) is 34.1 Å². The molecular weight excluding hydrogens is 176 g/mol. The van der Waals surface area contributed by atoms with Gasteiger partial charge in [0.2, 0.25) is 0 Å². The van der Waals surface area contributed by atoms with Crippen LogP contribution in [0.2, 0.25) is 0 Å². The van der Waals surface area contributed by atoms with Crippen LogP contribution >= 0.6 is 0 Å². The standard InChI is InChI=1S/C10H12O2.C2H6/c1-7-4-3-5-9(8(7)2)6-10(11)12;1-2/h3-5H,6H2,1-2H3,(H,11,12);1-2H3. The number of carboxylic acid groups (broad SMARTS) is 1. The Morgan fingerprint density at radius 2 is 1.86 bits per heavy atom. The van der Waals surface area contributed by atoms with Crippen LogP contribution in [0.3, 0.4) is 0 Å². The fourth-order valence-electron chi connectivity index (χ4n) is 1.17. The molecule has 0 aromatic heterocycles. The molecular formula is C12H18O2. The second-order valence-corrected chi connectivity index (χ2v) is 2.93. The van der Waals surface area contributed by atoms with Crippen molar-refractivity contribution in [1.82, 2.24) is 0 Å². The lowest BCUT2D eigenvalue weighted by Crippen LogP contribution is -2.02. The Hall–Kier alpha value is -1.31. The van der Waals surface area contributed by atoms with Crippen molar-refractivity contribution in [2.24, 2.45) is 0 Å². The van der Waals surface area contributed by atoms with E-state index in [1.165, 1.54) is 0 Å². The molecule has 0 aliphatic rings. The van der Waals surface area contributed by atoms with Gasteiger partial charge in [0.05, 0.1) is 6.42 Å². The van der Waals surface area contributed by atoms with Crippen LogP contribution in [0.25, 0.3) is 0 Å². The zero-order valence-corrected chi connectivity index (χ0v) is 9.29. The van der Waals surface area contributed by atoms with Crippen LogP contribution < -0.4 is 0 Å². The molecule has 1 N–H and O–H groups in total. The molecule has 1 rings (SSSR count). The molecule has 78 valence electrons. The van der Waals surface area contributed by atoms with E-state index in [1.807, 2.05) is 45.9 Å². The lowest BCUT2D eigenvalue weighted by atomic mass is 10.0. The zero-order valence-electron chi connectivity index (χ0n) is 9.29. The predicted octanol–water partition coefficient (Wildman–Crippen LogP) is 2.96. The minimum atomic E-state index is -0.774. The minimum Gasteiger partial charge on any atom is -0.481 e. The van der Waals surface area contributed by atoms with E-state index in [-0.39, 0.29) is 6.42 Å². The number of rotatable bonds is 2. The lowest BCUT2D eigenvalue weighted by molar-refractivity contribution is -0.136. The maximum atomic E-state index is 10.4. The predicted molar refractivity (Wildman–Crippen MR) is 58.6 cm³/mol. The highest BCUT2D eigenvalue weighted by Gasteiger charge is 2.04. The van der Waals surface area contributed by atoms with Crippen molar-refractivity contribution in [2.75, 3.05) is 0 Å². The monoisotopic (exact) mass is 194 g/mol. The average Bonchev–Trinajstić information content (AvgIpc) is 2.16. The van der Waals surface area contributed by atoms with Gasteiger partial charge in [-0.15, -0.1) is 0 Å². The third-order valence-corrected chi connectivity index (χ3v) is 2.06. The third kappa shape index (κ3) is 3.60. The van der Waals surface area contributed by atoms with Gasteiger partial charge in [-0.05, 0) is 30.5 Å². The van der Waals surface area contributed by atoms with Gasteiger partial charge < -0.3 is 5.11 Å². The van der Waals surface area contributed by atoms with Crippen LogP contribution in [0.4, 0.5) is 0 Å². The molecule has 0 saturated carbocycles. The van der Waals surface area contributed by atoms with Crippen LogP contribution in [0, 0.1) is 13.8 Å². The summed E-state index contributed by atoms with van der Waals surface area (Å²) in [5, 5.41) is 8.58. The van der Waals surface area contributed by atoms with Gasteiger partial charge in [0.25, 0.3) is 0 Å². The second kappa shape index (κ2) is 6.19. The molecule has 1 aromatic carbocycles. The number of hydrogen-bond acceptors (Lipinski definition) is 1. The van der Waals surface area contributed by atoms with Gasteiger partial charge in [0, 0.05) is 0 Å². The normalized spacial score (nSPS) is 8.86. The van der Waals surface area contributed by atoms with Crippen molar-refractivity contribution >= 4 is 5.97 Å². The first-order valence-corrected chi connectivity index (χ1v) is 4.88. The summed E-state index contributed by atoms with van der Waals surface area (Å²) in [5.41, 5.74) is 3.14. The first-order valence-electron chi connectivity index (χ1n) is 4.88. The number of aryl methyl sites for hydroxylation is 1. The molecule has 0 saturated heterocycles. The smallest absolute Gasteiger partial charge is 0.307 e. The van der Waals surface area contributed by atoms with Gasteiger partial charge in [-0.1, -0.05) is 32.0 Å². The number of benzene rings is 1. The Labute approximate surface area is 85.6 Å². The summed E-state index contributed by atoms with van der Waals surface area (Å²) < 4.78 is 0. The largest absolute Gasteiger partial charge is 0.481 e. The van der Waals surface area contributed by atoms with Crippen molar-refractivity contribution in [3.63, 3.8) is 0 Å². The first kappa shape index (κ1) is 12.7. The average molecular weight is 194 g/mol. The molecule has 0 aliphatic heterocycles. The molecule has 14 heavy (non-hydrogen) atoms. The summed E-state index contributed by atoms with van der Waals surface area (Å²) in [6.45, 7) is 7.94. The molecule has 0 unspecified atom stereocenters. The Morgan fingerprint density at radius 3 is 2.36 bits per heavy atom. The second-order valence-electron chi connectivity index (χ2n) is 2.93. The van der Waals surface area contributed by atoms with Gasteiger partial charge in [-0.25, -0.2) is 0 Å². The third-order valence-electron chi connectivity index (χ3n) is 2.06. The van der Waals surface area contributed by atoms with Gasteiger partial charge in [0.15, 0.2) is 0 Å². The molecule has 0 amide bonds. The van der Waals surface area contributed by atoms with E-state index in [1.54, 1.807) is 0 Å². The summed E-state index contributed by atoms with van der Waals surface area (Å²) in [4.78, 5) is 10.4. The SMILES string of the molecule is CC.Cc1cccc(CC(=O)O)c1C. The maximum Gasteiger partial charge on any atom is 0.307 e. The Morgan fingerprint density at radius 1 is 1.29 bits per heavy atom. The van der Waals surface area contributed by atoms with E-state index in [2.05, 4.69) is 0 Å². The van der Waals surface area contributed by atoms with E-state index in [0.717, 1.165) is 16.7 Å². The molecule has 0 aliphatic carbocycles. The molecule has 2 nitrogen and oxygen atoms in total. The van der Waals surface area contributed by atoms with Gasteiger partial charge >= 0.3 is 5.97 Å². The van der Waals surface area contributed by atoms with Crippen LogP contribution in [0.15, 0.2) is 18.2 Å². The summed E-state index contributed by atoms with van der Waals surface area (Å²) >= 11 is 0. The minimum absolute atomic E-state index is 0.119. The first-order chi connectivity index (χ1) is 6.61.